The SMILES string of the molecule is COCO[C@H]1[C@H](O[C@H]2CC[C@@]3(C)C(CC[C@]4(C)[C@@H]3CC=C3[C@@H]5CC(C)(C)CC[C@]5(C(=O)OC)CC[C@]34C)C2(C)C)O[C@H](C(=O)OC)[C@@H](OCOC)[C@@H]1O[C@@H](OCC=O)[C@@H](C=O)OCOC. The van der Waals surface area contributed by atoms with E-state index in [1.54, 1.807) is 7.11 Å². The summed E-state index contributed by atoms with van der Waals surface area (Å²) < 4.78 is 70.3. The van der Waals surface area contributed by atoms with Gasteiger partial charge in [0.05, 0.1) is 25.7 Å². The number of methoxy groups -OCH3 is 5. The largest absolute Gasteiger partial charge is 0.469 e. The number of rotatable bonds is 20. The van der Waals surface area contributed by atoms with Gasteiger partial charge in [-0.25, -0.2) is 4.79 Å². The Morgan fingerprint density at radius 3 is 2.08 bits per heavy atom. The Morgan fingerprint density at radius 1 is 0.769 bits per heavy atom. The molecule has 1 heterocycles. The highest BCUT2D eigenvalue weighted by molar-refractivity contribution is 5.78. The van der Waals surface area contributed by atoms with Gasteiger partial charge >= 0.3 is 11.9 Å². The second-order valence-electron chi connectivity index (χ2n) is 21.5. The zero-order chi connectivity index (χ0) is 47.6. The molecule has 0 aromatic rings. The van der Waals surface area contributed by atoms with E-state index in [1.165, 1.54) is 34.0 Å². The minimum Gasteiger partial charge on any atom is -0.469 e. The maximum absolute atomic E-state index is 13.8. The normalized spacial score (nSPS) is 40.4. The predicted octanol–water partition coefficient (Wildman–Crippen LogP) is 6.34. The fourth-order valence-electron chi connectivity index (χ4n) is 14.1. The van der Waals surface area contributed by atoms with Crippen LogP contribution in [0.25, 0.3) is 0 Å². The monoisotopic (exact) mass is 923 g/mol. The predicted molar refractivity (Wildman–Crippen MR) is 234 cm³/mol. The number of carbonyl (C=O) groups is 4. The molecule has 5 aliphatic carbocycles. The lowest BCUT2D eigenvalue weighted by molar-refractivity contribution is -0.365. The molecule has 1 saturated heterocycles. The number of esters is 2. The van der Waals surface area contributed by atoms with Crippen LogP contribution < -0.4 is 0 Å². The summed E-state index contributed by atoms with van der Waals surface area (Å²) in [7, 11) is 7.07. The molecule has 1 unspecified atom stereocenters. The van der Waals surface area contributed by atoms with Gasteiger partial charge in [-0.3, -0.25) is 4.79 Å². The second-order valence-corrected chi connectivity index (χ2v) is 21.5. The maximum Gasteiger partial charge on any atom is 0.337 e. The van der Waals surface area contributed by atoms with E-state index < -0.39 is 61.1 Å². The van der Waals surface area contributed by atoms with Crippen molar-refractivity contribution in [3.8, 4) is 0 Å². The van der Waals surface area contributed by atoms with E-state index >= 15 is 0 Å². The third kappa shape index (κ3) is 9.40. The van der Waals surface area contributed by atoms with Crippen LogP contribution in [0.1, 0.15) is 113 Å². The van der Waals surface area contributed by atoms with Crippen molar-refractivity contribution in [2.75, 3.05) is 62.5 Å². The Morgan fingerprint density at radius 2 is 1.45 bits per heavy atom. The molecule has 16 nitrogen and oxygen atoms in total. The number of hydrogen-bond acceptors (Lipinski definition) is 16. The van der Waals surface area contributed by atoms with Crippen LogP contribution in [0.2, 0.25) is 0 Å². The van der Waals surface area contributed by atoms with Crippen LogP contribution in [0.3, 0.4) is 0 Å². The topological polar surface area (TPSA) is 179 Å². The van der Waals surface area contributed by atoms with Crippen molar-refractivity contribution >= 4 is 24.5 Å². The summed E-state index contributed by atoms with van der Waals surface area (Å²) in [5.74, 6) is 0.00716. The molecule has 65 heavy (non-hydrogen) atoms. The fraction of sp³-hybridized carbons (Fsp3) is 0.878. The number of allylic oxidation sites excluding steroid dienone is 2. The van der Waals surface area contributed by atoms with Crippen LogP contribution >= 0.6 is 0 Å². The van der Waals surface area contributed by atoms with Gasteiger partial charge in [-0.15, -0.1) is 0 Å². The summed E-state index contributed by atoms with van der Waals surface area (Å²) in [4.78, 5) is 51.3. The van der Waals surface area contributed by atoms with Gasteiger partial charge in [-0.2, -0.15) is 0 Å². The van der Waals surface area contributed by atoms with Gasteiger partial charge in [0.25, 0.3) is 0 Å². The van der Waals surface area contributed by atoms with Crippen molar-refractivity contribution in [2.24, 2.45) is 50.2 Å². The molecular weight excluding hydrogens is 845 g/mol. The number of aldehydes is 2. The molecule has 0 aromatic carbocycles. The third-order valence-corrected chi connectivity index (χ3v) is 17.6. The van der Waals surface area contributed by atoms with Gasteiger partial charge in [0.2, 0.25) is 0 Å². The van der Waals surface area contributed by atoms with Gasteiger partial charge in [0, 0.05) is 21.3 Å². The molecule has 0 amide bonds. The van der Waals surface area contributed by atoms with Gasteiger partial charge < -0.3 is 66.4 Å². The number of fused-ring (bicyclic) bond motifs is 7. The van der Waals surface area contributed by atoms with E-state index in [9.17, 15) is 19.2 Å². The maximum atomic E-state index is 13.8. The lowest BCUT2D eigenvalue weighted by atomic mass is 9.33. The van der Waals surface area contributed by atoms with Crippen LogP contribution in [0.5, 0.6) is 0 Å². The molecule has 16 heteroatoms. The van der Waals surface area contributed by atoms with Crippen LogP contribution in [0.15, 0.2) is 11.6 Å². The second kappa shape index (κ2) is 20.7. The Kier molecular flexibility index (Phi) is 16.6. The lowest BCUT2D eigenvalue weighted by Gasteiger charge is -2.71. The van der Waals surface area contributed by atoms with Crippen LogP contribution in [0, 0.1) is 50.2 Å². The van der Waals surface area contributed by atoms with Crippen molar-refractivity contribution in [2.45, 2.75) is 162 Å². The van der Waals surface area contributed by atoms with Gasteiger partial charge in [-0.05, 0) is 109 Å². The quantitative estimate of drug-likeness (QED) is 0.0434. The molecular formula is C49H78O16. The molecule has 0 bridgehead atoms. The molecule has 0 aromatic heterocycles. The van der Waals surface area contributed by atoms with Gasteiger partial charge in [-0.1, -0.05) is 60.1 Å². The third-order valence-electron chi connectivity index (χ3n) is 17.6. The molecule has 370 valence electrons. The average molecular weight is 923 g/mol. The minimum atomic E-state index is -1.49. The Hall–Kier alpha value is -2.38. The van der Waals surface area contributed by atoms with Crippen LogP contribution in [-0.2, 0) is 76.0 Å². The highest BCUT2D eigenvalue weighted by Crippen LogP contribution is 2.76. The molecule has 15 atom stereocenters. The molecule has 6 rings (SSSR count). The summed E-state index contributed by atoms with van der Waals surface area (Å²) >= 11 is 0. The van der Waals surface area contributed by atoms with Crippen LogP contribution in [0.4, 0.5) is 0 Å². The first kappa shape index (κ1) is 52.0. The van der Waals surface area contributed by atoms with E-state index in [0.717, 1.165) is 57.8 Å². The van der Waals surface area contributed by atoms with Gasteiger partial charge in [0.1, 0.15) is 51.6 Å². The molecule has 6 aliphatic rings. The highest BCUT2D eigenvalue weighted by atomic mass is 16.8. The van der Waals surface area contributed by atoms with Crippen LogP contribution in [-0.4, -0.2) is 136 Å². The zero-order valence-electron chi connectivity index (χ0n) is 41.0. The fourth-order valence-corrected chi connectivity index (χ4v) is 14.1. The summed E-state index contributed by atoms with van der Waals surface area (Å²) in [5.41, 5.74) is 0.675. The highest BCUT2D eigenvalue weighted by Gasteiger charge is 2.70. The molecule has 1 aliphatic heterocycles. The van der Waals surface area contributed by atoms with Crippen molar-refractivity contribution in [3.63, 3.8) is 0 Å². The summed E-state index contributed by atoms with van der Waals surface area (Å²) in [6.45, 7) is 15.6. The summed E-state index contributed by atoms with van der Waals surface area (Å²) in [6.07, 6.45) is 3.29. The van der Waals surface area contributed by atoms with E-state index in [4.69, 9.17) is 56.8 Å². The zero-order valence-corrected chi connectivity index (χ0v) is 41.0. The molecule has 5 fully saturated rings. The van der Waals surface area contributed by atoms with Crippen molar-refractivity contribution < 1.29 is 76.0 Å². The first-order valence-corrected chi connectivity index (χ1v) is 23.5. The summed E-state index contributed by atoms with van der Waals surface area (Å²) in [6, 6.07) is 0. The smallest absolute Gasteiger partial charge is 0.337 e. The van der Waals surface area contributed by atoms with E-state index in [1.807, 2.05) is 0 Å². The number of hydrogen-bond donors (Lipinski definition) is 0. The Labute approximate surface area is 386 Å². The standard InChI is InChI=1S/C49H78O16/c1-44(2)19-21-49(43(53)58-12)22-20-47(6)30(31(49)25-44)13-14-34-46(5)17-16-35(45(3,4)33(46)15-18-48(34,47)7)63-42-39(62-29-56-10)37(36(61-28-55-9)38(65-42)40(52)57-11)64-41(59-24-23-50)32(26-51)60-27-54-8/h13,23,26,31-39,41-42H,14-22,24-25,27-29H2,1-12H3/t31-,32+,33?,34+,35-,36-,37-,38-,39+,41+,42+,46-,47+,48+,49-/m0/s1. The Balaban J connectivity index is 1.32. The van der Waals surface area contributed by atoms with Crippen molar-refractivity contribution in [1.29, 1.82) is 0 Å². The summed E-state index contributed by atoms with van der Waals surface area (Å²) in [5, 5.41) is 0. The molecule has 0 radical (unpaired) electrons. The lowest BCUT2D eigenvalue weighted by Crippen LogP contribution is -2.67. The molecule has 0 spiro atoms. The molecule has 4 saturated carbocycles. The first-order valence-electron chi connectivity index (χ1n) is 23.5. The van der Waals surface area contributed by atoms with Crippen molar-refractivity contribution in [3.05, 3.63) is 11.6 Å². The first-order chi connectivity index (χ1) is 30.8. The average Bonchev–Trinajstić information content (AvgIpc) is 3.27. The van der Waals surface area contributed by atoms with E-state index in [-0.39, 0.29) is 71.4 Å². The van der Waals surface area contributed by atoms with E-state index in [2.05, 4.69) is 54.5 Å². The number of carbonyl (C=O) groups excluding carboxylic acids is 4. The number of ether oxygens (including phenoxy) is 12. The Bertz CT molecular complexity index is 1700. The van der Waals surface area contributed by atoms with E-state index in [0.29, 0.717) is 24.9 Å². The minimum absolute atomic E-state index is 0.00582. The molecule has 0 N–H and O–H groups in total. The van der Waals surface area contributed by atoms with Crippen molar-refractivity contribution in [1.82, 2.24) is 0 Å². The van der Waals surface area contributed by atoms with Gasteiger partial charge in [0.15, 0.2) is 31.1 Å².